The standard InChI is InChI=1S/C20H24N6/c1-15-4-2-8-23-20(15)25-17-6-7-18(24-12-17)16-5-3-11-26(13-16)14-19-21-9-10-22-19/h2,4,6-10,12,16H,3,5,11,13-14H2,1H3,(H,21,22)(H,23,25). The Balaban J connectivity index is 1.40. The van der Waals surface area contributed by atoms with Crippen LogP contribution in [0.4, 0.5) is 11.5 Å². The maximum atomic E-state index is 4.72. The van der Waals surface area contributed by atoms with E-state index in [1.165, 1.54) is 12.8 Å². The molecule has 1 fully saturated rings. The van der Waals surface area contributed by atoms with E-state index in [0.29, 0.717) is 5.92 Å². The Bertz CT molecular complexity index is 828. The van der Waals surface area contributed by atoms with Gasteiger partial charge in [-0.2, -0.15) is 0 Å². The third kappa shape index (κ3) is 3.91. The van der Waals surface area contributed by atoms with Crippen LogP contribution in [0.25, 0.3) is 0 Å². The lowest BCUT2D eigenvalue weighted by molar-refractivity contribution is 0.194. The lowest BCUT2D eigenvalue weighted by Gasteiger charge is -2.31. The van der Waals surface area contributed by atoms with Gasteiger partial charge >= 0.3 is 0 Å². The number of aryl methyl sites for hydroxylation is 1. The smallest absolute Gasteiger partial charge is 0.133 e. The maximum absolute atomic E-state index is 4.72. The number of H-pyrrole nitrogens is 1. The molecule has 6 heteroatoms. The molecule has 3 aromatic heterocycles. The Morgan fingerprint density at radius 3 is 2.92 bits per heavy atom. The molecule has 0 saturated carbocycles. The van der Waals surface area contributed by atoms with Crippen LogP contribution in [-0.4, -0.2) is 37.9 Å². The number of aromatic amines is 1. The van der Waals surface area contributed by atoms with Gasteiger partial charge in [-0.3, -0.25) is 9.88 Å². The average Bonchev–Trinajstić information content (AvgIpc) is 3.17. The van der Waals surface area contributed by atoms with Gasteiger partial charge in [0.25, 0.3) is 0 Å². The van der Waals surface area contributed by atoms with Crippen molar-refractivity contribution < 1.29 is 0 Å². The molecule has 0 aromatic carbocycles. The van der Waals surface area contributed by atoms with Crippen LogP contribution in [0.15, 0.2) is 49.1 Å². The van der Waals surface area contributed by atoms with Crippen LogP contribution in [-0.2, 0) is 6.54 Å². The van der Waals surface area contributed by atoms with Crippen molar-refractivity contribution in [2.75, 3.05) is 18.4 Å². The van der Waals surface area contributed by atoms with Gasteiger partial charge in [-0.15, -0.1) is 0 Å². The monoisotopic (exact) mass is 348 g/mol. The normalized spacial score (nSPS) is 18.0. The van der Waals surface area contributed by atoms with Gasteiger partial charge in [-0.1, -0.05) is 6.07 Å². The molecule has 6 nitrogen and oxygen atoms in total. The largest absolute Gasteiger partial charge is 0.348 e. The van der Waals surface area contributed by atoms with Crippen molar-refractivity contribution in [3.8, 4) is 0 Å². The Morgan fingerprint density at radius 1 is 1.19 bits per heavy atom. The minimum atomic E-state index is 0.476. The number of hydrogen-bond acceptors (Lipinski definition) is 5. The molecule has 4 heterocycles. The van der Waals surface area contributed by atoms with Gasteiger partial charge < -0.3 is 10.3 Å². The second kappa shape index (κ2) is 7.66. The Kier molecular flexibility index (Phi) is 4.93. The highest BCUT2D eigenvalue weighted by Gasteiger charge is 2.22. The number of aromatic nitrogens is 4. The number of hydrogen-bond donors (Lipinski definition) is 2. The molecule has 26 heavy (non-hydrogen) atoms. The molecular weight excluding hydrogens is 324 g/mol. The summed E-state index contributed by atoms with van der Waals surface area (Å²) in [6.07, 6.45) is 9.79. The number of imidazole rings is 1. The molecular formula is C20H24N6. The quantitative estimate of drug-likeness (QED) is 0.737. The summed E-state index contributed by atoms with van der Waals surface area (Å²) >= 11 is 0. The van der Waals surface area contributed by atoms with E-state index in [2.05, 4.69) is 37.3 Å². The predicted octanol–water partition coefficient (Wildman–Crippen LogP) is 3.63. The molecule has 0 radical (unpaired) electrons. The minimum Gasteiger partial charge on any atom is -0.348 e. The van der Waals surface area contributed by atoms with E-state index >= 15 is 0 Å². The van der Waals surface area contributed by atoms with Crippen molar-refractivity contribution in [2.45, 2.75) is 32.2 Å². The van der Waals surface area contributed by atoms with E-state index in [4.69, 9.17) is 4.98 Å². The molecule has 1 unspecified atom stereocenters. The first-order valence-corrected chi connectivity index (χ1v) is 9.13. The molecule has 2 N–H and O–H groups in total. The summed E-state index contributed by atoms with van der Waals surface area (Å²) in [6.45, 7) is 5.07. The van der Waals surface area contributed by atoms with E-state index in [0.717, 1.165) is 48.2 Å². The third-order valence-electron chi connectivity index (χ3n) is 4.91. The van der Waals surface area contributed by atoms with Gasteiger partial charge in [0, 0.05) is 36.7 Å². The molecule has 1 aliphatic rings. The van der Waals surface area contributed by atoms with Gasteiger partial charge in [-0.05, 0) is 50.1 Å². The van der Waals surface area contributed by atoms with Crippen LogP contribution in [0.1, 0.15) is 35.8 Å². The van der Waals surface area contributed by atoms with E-state index in [9.17, 15) is 0 Å². The third-order valence-corrected chi connectivity index (χ3v) is 4.91. The Labute approximate surface area is 153 Å². The number of nitrogens with one attached hydrogen (secondary N) is 2. The number of nitrogens with zero attached hydrogens (tertiary/aromatic N) is 4. The summed E-state index contributed by atoms with van der Waals surface area (Å²) in [4.78, 5) is 19.1. The van der Waals surface area contributed by atoms with Crippen molar-refractivity contribution >= 4 is 11.5 Å². The van der Waals surface area contributed by atoms with Crippen molar-refractivity contribution in [2.24, 2.45) is 0 Å². The fourth-order valence-electron chi connectivity index (χ4n) is 3.51. The van der Waals surface area contributed by atoms with Crippen LogP contribution in [0.3, 0.4) is 0 Å². The van der Waals surface area contributed by atoms with Crippen molar-refractivity contribution in [1.29, 1.82) is 0 Å². The first-order valence-electron chi connectivity index (χ1n) is 9.13. The molecule has 134 valence electrons. The van der Waals surface area contributed by atoms with E-state index in [1.807, 2.05) is 37.6 Å². The van der Waals surface area contributed by atoms with E-state index in [1.54, 1.807) is 6.20 Å². The van der Waals surface area contributed by atoms with Crippen molar-refractivity contribution in [3.05, 3.63) is 66.1 Å². The zero-order valence-electron chi connectivity index (χ0n) is 15.0. The highest BCUT2D eigenvalue weighted by Crippen LogP contribution is 2.27. The number of piperidine rings is 1. The number of anilines is 2. The second-order valence-corrected chi connectivity index (χ2v) is 6.88. The fraction of sp³-hybridized carbons (Fsp3) is 0.350. The van der Waals surface area contributed by atoms with Gasteiger partial charge in [0.1, 0.15) is 11.6 Å². The molecule has 1 atom stereocenters. The van der Waals surface area contributed by atoms with Crippen LogP contribution in [0.2, 0.25) is 0 Å². The van der Waals surface area contributed by atoms with E-state index in [-0.39, 0.29) is 0 Å². The summed E-state index contributed by atoms with van der Waals surface area (Å²) in [5.74, 6) is 2.39. The molecule has 0 aliphatic carbocycles. The molecule has 0 spiro atoms. The summed E-state index contributed by atoms with van der Waals surface area (Å²) < 4.78 is 0. The average molecular weight is 348 g/mol. The molecule has 1 aliphatic heterocycles. The van der Waals surface area contributed by atoms with Crippen LogP contribution in [0.5, 0.6) is 0 Å². The first-order chi connectivity index (χ1) is 12.8. The highest BCUT2D eigenvalue weighted by atomic mass is 15.2. The predicted molar refractivity (Wildman–Crippen MR) is 102 cm³/mol. The number of likely N-dealkylation sites (tertiary alicyclic amines) is 1. The molecule has 0 bridgehead atoms. The SMILES string of the molecule is Cc1cccnc1Nc1ccc(C2CCCN(Cc3ncc[nH]3)C2)nc1. The maximum Gasteiger partial charge on any atom is 0.133 e. The molecule has 0 amide bonds. The second-order valence-electron chi connectivity index (χ2n) is 6.88. The fourth-order valence-corrected chi connectivity index (χ4v) is 3.51. The van der Waals surface area contributed by atoms with Gasteiger partial charge in [0.2, 0.25) is 0 Å². The van der Waals surface area contributed by atoms with Crippen molar-refractivity contribution in [3.63, 3.8) is 0 Å². The summed E-state index contributed by atoms with van der Waals surface area (Å²) in [5.41, 5.74) is 3.26. The molecule has 3 aromatic rings. The van der Waals surface area contributed by atoms with Gasteiger partial charge in [-0.25, -0.2) is 9.97 Å². The highest BCUT2D eigenvalue weighted by molar-refractivity contribution is 5.57. The topological polar surface area (TPSA) is 69.7 Å². The lowest BCUT2D eigenvalue weighted by atomic mass is 9.94. The molecule has 1 saturated heterocycles. The summed E-state index contributed by atoms with van der Waals surface area (Å²) in [5, 5.41) is 3.34. The van der Waals surface area contributed by atoms with Crippen LogP contribution < -0.4 is 5.32 Å². The zero-order valence-corrected chi connectivity index (χ0v) is 15.0. The number of pyridine rings is 2. The van der Waals surface area contributed by atoms with Gasteiger partial charge in [0.15, 0.2) is 0 Å². The Morgan fingerprint density at radius 2 is 2.15 bits per heavy atom. The lowest BCUT2D eigenvalue weighted by Crippen LogP contribution is -2.34. The first kappa shape index (κ1) is 16.7. The Hall–Kier alpha value is -2.73. The van der Waals surface area contributed by atoms with Crippen LogP contribution >= 0.6 is 0 Å². The minimum absolute atomic E-state index is 0.476. The zero-order chi connectivity index (χ0) is 17.8. The van der Waals surface area contributed by atoms with Crippen LogP contribution in [0, 0.1) is 6.92 Å². The summed E-state index contributed by atoms with van der Waals surface area (Å²) in [7, 11) is 0. The molecule has 4 rings (SSSR count). The van der Waals surface area contributed by atoms with E-state index < -0.39 is 0 Å². The van der Waals surface area contributed by atoms with Gasteiger partial charge in [0.05, 0.1) is 18.4 Å². The number of rotatable bonds is 5. The summed E-state index contributed by atoms with van der Waals surface area (Å²) in [6, 6.07) is 8.23. The van der Waals surface area contributed by atoms with Crippen molar-refractivity contribution in [1.82, 2.24) is 24.8 Å².